The summed E-state index contributed by atoms with van der Waals surface area (Å²) in [7, 11) is 0. The molecular weight excluding hydrogens is 408 g/mol. The molecule has 2 aliphatic heterocycles. The molecule has 0 spiro atoms. The molecule has 0 saturated carbocycles. The Kier molecular flexibility index (Phi) is 5.46. The van der Waals surface area contributed by atoms with Crippen LogP contribution in [0.3, 0.4) is 0 Å². The minimum Gasteiger partial charge on any atom is -0.368 e. The van der Waals surface area contributed by atoms with E-state index >= 15 is 0 Å². The van der Waals surface area contributed by atoms with E-state index in [2.05, 4.69) is 5.32 Å². The monoisotopic (exact) mass is 434 g/mol. The third-order valence-electron chi connectivity index (χ3n) is 6.05. The fourth-order valence-corrected chi connectivity index (χ4v) is 4.75. The average molecular weight is 434 g/mol. The SMILES string of the molecule is Cc1ccc(C2C3C(=O)N(c4ccccc4)C(=O)C3C(C(N)=O)N2C(=O)NC(C)C)cc1. The molecule has 0 radical (unpaired) electrons. The number of rotatable bonds is 4. The van der Waals surface area contributed by atoms with Crippen molar-refractivity contribution in [1.29, 1.82) is 0 Å². The molecule has 2 fully saturated rings. The maximum Gasteiger partial charge on any atom is 0.318 e. The lowest BCUT2D eigenvalue weighted by Crippen LogP contribution is -2.54. The Morgan fingerprint density at radius 1 is 0.938 bits per heavy atom. The molecule has 0 aromatic heterocycles. The van der Waals surface area contributed by atoms with Crippen LogP contribution in [0.25, 0.3) is 0 Å². The van der Waals surface area contributed by atoms with Crippen molar-refractivity contribution in [2.45, 2.75) is 38.9 Å². The Morgan fingerprint density at radius 2 is 1.53 bits per heavy atom. The Hall–Kier alpha value is -3.68. The van der Waals surface area contributed by atoms with Crippen molar-refractivity contribution in [2.24, 2.45) is 17.6 Å². The van der Waals surface area contributed by atoms with Crippen LogP contribution in [0, 0.1) is 18.8 Å². The number of anilines is 1. The van der Waals surface area contributed by atoms with Crippen molar-refractivity contribution >= 4 is 29.4 Å². The number of primary amides is 1. The van der Waals surface area contributed by atoms with E-state index in [0.717, 1.165) is 10.5 Å². The van der Waals surface area contributed by atoms with Crippen LogP contribution in [-0.4, -0.2) is 40.7 Å². The smallest absolute Gasteiger partial charge is 0.318 e. The summed E-state index contributed by atoms with van der Waals surface area (Å²) in [5.41, 5.74) is 7.84. The second-order valence-electron chi connectivity index (χ2n) is 8.61. The van der Waals surface area contributed by atoms with Crippen molar-refractivity contribution in [1.82, 2.24) is 10.2 Å². The average Bonchev–Trinajstić information content (AvgIpc) is 3.22. The van der Waals surface area contributed by atoms with Crippen molar-refractivity contribution in [3.63, 3.8) is 0 Å². The number of nitrogens with two attached hydrogens (primary N) is 1. The summed E-state index contributed by atoms with van der Waals surface area (Å²) in [5.74, 6) is -3.75. The van der Waals surface area contributed by atoms with E-state index in [1.54, 1.807) is 44.2 Å². The van der Waals surface area contributed by atoms with Gasteiger partial charge in [0.1, 0.15) is 6.04 Å². The molecular formula is C24H26N4O4. The summed E-state index contributed by atoms with van der Waals surface area (Å²) < 4.78 is 0. The summed E-state index contributed by atoms with van der Waals surface area (Å²) in [4.78, 5) is 55.3. The standard InChI is InChI=1S/C24H26N4O4/c1-13(2)26-24(32)28-19(15-11-9-14(3)10-12-15)17-18(20(28)21(25)29)23(31)27(22(17)30)16-7-5-4-6-8-16/h4-13,17-20H,1-3H3,(H2,25,29)(H,26,32). The first-order valence-electron chi connectivity index (χ1n) is 10.6. The number of hydrogen-bond donors (Lipinski definition) is 2. The number of aryl methyl sites for hydroxylation is 1. The van der Waals surface area contributed by atoms with Gasteiger partial charge < -0.3 is 16.0 Å². The van der Waals surface area contributed by atoms with Gasteiger partial charge in [-0.25, -0.2) is 9.69 Å². The highest BCUT2D eigenvalue weighted by molar-refractivity contribution is 6.24. The molecule has 166 valence electrons. The number of carbonyl (C=O) groups is 4. The van der Waals surface area contributed by atoms with Crippen LogP contribution < -0.4 is 16.0 Å². The molecule has 4 atom stereocenters. The van der Waals surface area contributed by atoms with Crippen LogP contribution in [0.4, 0.5) is 10.5 Å². The van der Waals surface area contributed by atoms with Crippen molar-refractivity contribution in [2.75, 3.05) is 4.90 Å². The highest BCUT2D eigenvalue weighted by Gasteiger charge is 2.65. The molecule has 3 N–H and O–H groups in total. The zero-order valence-corrected chi connectivity index (χ0v) is 18.2. The Balaban J connectivity index is 1.86. The number of para-hydroxylation sites is 1. The molecule has 0 aliphatic carbocycles. The number of hydrogen-bond acceptors (Lipinski definition) is 4. The van der Waals surface area contributed by atoms with E-state index in [9.17, 15) is 19.2 Å². The van der Waals surface area contributed by atoms with Crippen LogP contribution >= 0.6 is 0 Å². The zero-order valence-electron chi connectivity index (χ0n) is 18.2. The van der Waals surface area contributed by atoms with E-state index < -0.39 is 47.7 Å². The molecule has 4 unspecified atom stereocenters. The Labute approximate surface area is 186 Å². The molecule has 2 aliphatic rings. The van der Waals surface area contributed by atoms with Crippen LogP contribution in [0.15, 0.2) is 54.6 Å². The van der Waals surface area contributed by atoms with E-state index in [4.69, 9.17) is 5.73 Å². The molecule has 2 saturated heterocycles. The number of fused-ring (bicyclic) bond motifs is 1. The van der Waals surface area contributed by atoms with Gasteiger partial charge in [-0.2, -0.15) is 0 Å². The summed E-state index contributed by atoms with van der Waals surface area (Å²) in [5, 5.41) is 2.79. The summed E-state index contributed by atoms with van der Waals surface area (Å²) in [6, 6.07) is 13.2. The maximum atomic E-state index is 13.6. The van der Waals surface area contributed by atoms with Gasteiger partial charge in [0.05, 0.1) is 23.6 Å². The van der Waals surface area contributed by atoms with Gasteiger partial charge in [-0.15, -0.1) is 0 Å². The zero-order chi connectivity index (χ0) is 23.2. The minimum atomic E-state index is -1.24. The second kappa shape index (κ2) is 8.11. The van der Waals surface area contributed by atoms with Crippen LogP contribution in [-0.2, 0) is 14.4 Å². The fourth-order valence-electron chi connectivity index (χ4n) is 4.75. The third kappa shape index (κ3) is 3.41. The van der Waals surface area contributed by atoms with E-state index in [0.29, 0.717) is 11.3 Å². The van der Waals surface area contributed by atoms with Crippen molar-refractivity contribution in [3.8, 4) is 0 Å². The van der Waals surface area contributed by atoms with Crippen LogP contribution in [0.1, 0.15) is 31.0 Å². The maximum absolute atomic E-state index is 13.6. The first-order valence-corrected chi connectivity index (χ1v) is 10.6. The first kappa shape index (κ1) is 21.5. The fraction of sp³-hybridized carbons (Fsp3) is 0.333. The van der Waals surface area contributed by atoms with Crippen molar-refractivity contribution < 1.29 is 19.2 Å². The Bertz CT molecular complexity index is 1070. The number of imide groups is 1. The summed E-state index contributed by atoms with van der Waals surface area (Å²) >= 11 is 0. The lowest BCUT2D eigenvalue weighted by Gasteiger charge is -2.33. The van der Waals surface area contributed by atoms with Crippen molar-refractivity contribution in [3.05, 3.63) is 65.7 Å². The Morgan fingerprint density at radius 3 is 2.09 bits per heavy atom. The van der Waals surface area contributed by atoms with Crippen LogP contribution in [0.2, 0.25) is 0 Å². The topological polar surface area (TPSA) is 113 Å². The predicted octanol–water partition coefficient (Wildman–Crippen LogP) is 2.13. The van der Waals surface area contributed by atoms with Gasteiger partial charge in [-0.1, -0.05) is 48.0 Å². The van der Waals surface area contributed by atoms with E-state index in [-0.39, 0.29) is 6.04 Å². The molecule has 5 amide bonds. The van der Waals surface area contributed by atoms with Gasteiger partial charge in [-0.05, 0) is 38.5 Å². The number of amides is 5. The van der Waals surface area contributed by atoms with Gasteiger partial charge in [0, 0.05) is 6.04 Å². The number of nitrogens with zero attached hydrogens (tertiary/aromatic N) is 2. The third-order valence-corrected chi connectivity index (χ3v) is 6.05. The van der Waals surface area contributed by atoms with Gasteiger partial charge in [0.25, 0.3) is 0 Å². The van der Waals surface area contributed by atoms with E-state index in [1.165, 1.54) is 4.90 Å². The largest absolute Gasteiger partial charge is 0.368 e. The highest BCUT2D eigenvalue weighted by atomic mass is 16.2. The second-order valence-corrected chi connectivity index (χ2v) is 8.61. The lowest BCUT2D eigenvalue weighted by atomic mass is 9.86. The molecule has 8 heteroatoms. The molecule has 2 aromatic rings. The van der Waals surface area contributed by atoms with Gasteiger partial charge >= 0.3 is 6.03 Å². The van der Waals surface area contributed by atoms with Gasteiger partial charge in [-0.3, -0.25) is 14.4 Å². The van der Waals surface area contributed by atoms with E-state index in [1.807, 2.05) is 31.2 Å². The number of urea groups is 1. The molecule has 2 heterocycles. The quantitative estimate of drug-likeness (QED) is 0.718. The molecule has 0 bridgehead atoms. The molecule has 4 rings (SSSR count). The number of nitrogens with one attached hydrogen (secondary N) is 1. The molecule has 2 aromatic carbocycles. The summed E-state index contributed by atoms with van der Waals surface area (Å²) in [6.07, 6.45) is 0. The summed E-state index contributed by atoms with van der Waals surface area (Å²) in [6.45, 7) is 5.52. The first-order chi connectivity index (χ1) is 15.2. The molecule has 32 heavy (non-hydrogen) atoms. The van der Waals surface area contributed by atoms with Crippen LogP contribution in [0.5, 0.6) is 0 Å². The predicted molar refractivity (Wildman–Crippen MR) is 118 cm³/mol. The number of likely N-dealkylation sites (tertiary alicyclic amines) is 1. The number of benzene rings is 2. The molecule has 8 nitrogen and oxygen atoms in total. The van der Waals surface area contributed by atoms with Gasteiger partial charge in [0.15, 0.2) is 0 Å². The van der Waals surface area contributed by atoms with Gasteiger partial charge in [0.2, 0.25) is 17.7 Å². The highest BCUT2D eigenvalue weighted by Crippen LogP contribution is 2.50. The lowest BCUT2D eigenvalue weighted by molar-refractivity contribution is -0.129. The normalized spacial score (nSPS) is 24.8. The minimum absolute atomic E-state index is 0.206. The number of carbonyl (C=O) groups excluding carboxylic acids is 4.